The van der Waals surface area contributed by atoms with Crippen LogP contribution in [0.25, 0.3) is 0 Å². The van der Waals surface area contributed by atoms with Crippen molar-refractivity contribution >= 4 is 32.0 Å². The Hall–Kier alpha value is -2.74. The van der Waals surface area contributed by atoms with Gasteiger partial charge in [0.1, 0.15) is 18.6 Å². The quantitative estimate of drug-likeness (QED) is 0.129. The van der Waals surface area contributed by atoms with Crippen LogP contribution >= 0.6 is 0 Å². The molecule has 0 unspecified atom stereocenters. The van der Waals surface area contributed by atoms with E-state index in [0.29, 0.717) is 25.0 Å². The Labute approximate surface area is 316 Å². The van der Waals surface area contributed by atoms with Gasteiger partial charge in [-0.15, -0.1) is 0 Å². The van der Waals surface area contributed by atoms with Crippen LogP contribution in [-0.4, -0.2) is 87.3 Å². The number of alkyl halides is 6. The second-order valence-corrected chi connectivity index (χ2v) is 15.4. The maximum atomic E-state index is 10.7. The summed E-state index contributed by atoms with van der Waals surface area (Å²) in [6.45, 7) is 12.1. The molecule has 303 valence electrons. The average Bonchev–Trinajstić information content (AvgIpc) is 3.85. The first-order chi connectivity index (χ1) is 24.0. The molecule has 20 heteroatoms. The molecular formula is C33H42CuF6N2O9S2. The number of aliphatic imine (C=N–C) groups is 2. The average molecular weight is 852 g/mol. The van der Waals surface area contributed by atoms with Crippen molar-refractivity contribution in [2.75, 3.05) is 26.4 Å². The summed E-state index contributed by atoms with van der Waals surface area (Å²) >= 11 is 0. The fourth-order valence-electron chi connectivity index (χ4n) is 4.84. The largest absolute Gasteiger partial charge is 2.00 e. The van der Waals surface area contributed by atoms with Crippen molar-refractivity contribution in [1.82, 2.24) is 0 Å². The molecule has 1 radical (unpaired) electrons. The summed E-state index contributed by atoms with van der Waals surface area (Å²) in [6, 6.07) is 21.5. The van der Waals surface area contributed by atoms with E-state index in [0.717, 1.165) is 37.9 Å². The summed E-state index contributed by atoms with van der Waals surface area (Å²) in [6.07, 6.45) is 4.05. The van der Waals surface area contributed by atoms with Crippen molar-refractivity contribution in [3.8, 4) is 0 Å². The first-order valence-corrected chi connectivity index (χ1v) is 18.9. The normalized spacial score (nSPS) is 18.8. The van der Waals surface area contributed by atoms with E-state index in [9.17, 15) is 26.3 Å². The van der Waals surface area contributed by atoms with Crippen LogP contribution in [0.2, 0.25) is 0 Å². The van der Waals surface area contributed by atoms with E-state index in [1.807, 2.05) is 0 Å². The molecule has 0 spiro atoms. The van der Waals surface area contributed by atoms with Crippen LogP contribution < -0.4 is 0 Å². The van der Waals surface area contributed by atoms with Crippen molar-refractivity contribution in [3.63, 3.8) is 0 Å². The van der Waals surface area contributed by atoms with Crippen molar-refractivity contribution in [1.29, 1.82) is 0 Å². The number of rotatable bonds is 8. The minimum Gasteiger partial charge on any atom is -0.741 e. The number of hydrogen-bond donors (Lipinski definition) is 0. The molecule has 2 aromatic carbocycles. The zero-order chi connectivity index (χ0) is 39.4. The molecule has 2 aromatic rings. The molecule has 0 amide bonds. The van der Waals surface area contributed by atoms with Gasteiger partial charge in [0.15, 0.2) is 32.0 Å². The van der Waals surface area contributed by atoms with Crippen LogP contribution in [-0.2, 0) is 64.4 Å². The summed E-state index contributed by atoms with van der Waals surface area (Å²) in [5, 5.41) is 0. The Morgan fingerprint density at radius 1 is 0.660 bits per heavy atom. The second-order valence-electron chi connectivity index (χ2n) is 12.6. The van der Waals surface area contributed by atoms with Gasteiger partial charge in [-0.25, -0.2) is 26.8 Å². The molecule has 3 aliphatic heterocycles. The van der Waals surface area contributed by atoms with E-state index < -0.39 is 36.7 Å². The predicted molar refractivity (Wildman–Crippen MR) is 178 cm³/mol. The molecule has 5 rings (SSSR count). The van der Waals surface area contributed by atoms with Gasteiger partial charge >= 0.3 is 28.1 Å². The summed E-state index contributed by atoms with van der Waals surface area (Å²) in [5.41, 5.74) is -9.37. The van der Waals surface area contributed by atoms with E-state index in [1.165, 1.54) is 24.0 Å². The molecule has 0 N–H and O–H groups in total. The van der Waals surface area contributed by atoms with Crippen LogP contribution in [0.4, 0.5) is 26.3 Å². The summed E-state index contributed by atoms with van der Waals surface area (Å²) in [7, 11) is -12.2. The van der Waals surface area contributed by atoms with Gasteiger partial charge in [0.2, 0.25) is 0 Å². The van der Waals surface area contributed by atoms with Gasteiger partial charge < -0.3 is 23.3 Å². The maximum absolute atomic E-state index is 10.7. The van der Waals surface area contributed by atoms with Gasteiger partial charge in [0, 0.05) is 13.2 Å². The smallest absolute Gasteiger partial charge is 0.741 e. The molecule has 3 heterocycles. The van der Waals surface area contributed by atoms with Gasteiger partial charge in [-0.3, -0.25) is 0 Å². The molecule has 0 saturated carbocycles. The zero-order valence-corrected chi connectivity index (χ0v) is 31.8. The fourth-order valence-corrected chi connectivity index (χ4v) is 4.84. The molecule has 0 bridgehead atoms. The number of hydrogen-bond acceptors (Lipinski definition) is 11. The first-order valence-electron chi connectivity index (χ1n) is 16.1. The van der Waals surface area contributed by atoms with Crippen LogP contribution in [0.5, 0.6) is 0 Å². The SMILES string of the molecule is C1CCOC1.CC(C)[C@H]1COC(C(Cc2ccccc2)(Cc2ccccc2)C2=N[C@@H](C(C)C)CO2)=N1.O=S(=O)([O-])C(F)(F)F.O=S(=O)([O-])C(F)(F)F.[Cu+2]. The minimum atomic E-state index is -6.09. The summed E-state index contributed by atoms with van der Waals surface area (Å²) in [4.78, 5) is 10.2. The summed E-state index contributed by atoms with van der Waals surface area (Å²) in [5.74, 6) is 2.42. The summed E-state index contributed by atoms with van der Waals surface area (Å²) < 4.78 is 135. The van der Waals surface area contributed by atoms with Crippen LogP contribution in [0.3, 0.4) is 0 Å². The standard InChI is InChI=1S/C27H34N2O2.C4H8O.2CHF3O3S.Cu/c1-19(2)23-17-30-25(28-23)27(15-21-11-7-5-8-12-21,16-22-13-9-6-10-14-22)26-29-24(18-31-26)20(3)4;1-2-4-5-3-1;2*2-1(3,4)8(5,6)7;/h5-14,19-20,23-24H,15-18H2,1-4H3;1-4H2;2*(H,5,6,7);/q;;;;+2/p-2/t23-,24-;;;;/m1..../s1. The third-order valence-electron chi connectivity index (χ3n) is 7.80. The third kappa shape index (κ3) is 15.5. The zero-order valence-electron chi connectivity index (χ0n) is 29.2. The van der Waals surface area contributed by atoms with Gasteiger partial charge in [0.05, 0.1) is 12.1 Å². The number of halogens is 6. The Kier molecular flexibility index (Phi) is 19.0. The minimum absolute atomic E-state index is 0. The monoisotopic (exact) mass is 851 g/mol. The Morgan fingerprint density at radius 3 is 1.17 bits per heavy atom. The van der Waals surface area contributed by atoms with E-state index in [1.54, 1.807) is 0 Å². The number of ether oxygens (including phenoxy) is 3. The van der Waals surface area contributed by atoms with Gasteiger partial charge in [-0.05, 0) is 48.6 Å². The number of benzene rings is 2. The maximum Gasteiger partial charge on any atom is 2.00 e. The van der Waals surface area contributed by atoms with Crippen molar-refractivity contribution in [3.05, 3.63) is 71.8 Å². The molecule has 1 fully saturated rings. The van der Waals surface area contributed by atoms with Crippen molar-refractivity contribution < 1.29 is 83.6 Å². The van der Waals surface area contributed by atoms with E-state index >= 15 is 0 Å². The van der Waals surface area contributed by atoms with E-state index in [-0.39, 0.29) is 29.2 Å². The van der Waals surface area contributed by atoms with Crippen LogP contribution in [0, 0.1) is 17.3 Å². The topological polar surface area (TPSA) is 167 Å². The van der Waals surface area contributed by atoms with Gasteiger partial charge in [0.25, 0.3) is 0 Å². The van der Waals surface area contributed by atoms with Crippen molar-refractivity contribution in [2.24, 2.45) is 27.2 Å². The molecule has 1 saturated heterocycles. The molecule has 11 nitrogen and oxygen atoms in total. The molecule has 3 aliphatic rings. The Morgan fingerprint density at radius 2 is 0.962 bits per heavy atom. The number of nitrogens with zero attached hydrogens (tertiary/aromatic N) is 2. The van der Waals surface area contributed by atoms with Gasteiger partial charge in [-0.1, -0.05) is 88.4 Å². The molecule has 53 heavy (non-hydrogen) atoms. The Balaban J connectivity index is 0.000000520. The first kappa shape index (κ1) is 48.3. The predicted octanol–water partition coefficient (Wildman–Crippen LogP) is 6.26. The molecule has 0 aliphatic carbocycles. The van der Waals surface area contributed by atoms with Crippen molar-refractivity contribution in [2.45, 2.75) is 76.5 Å². The second kappa shape index (κ2) is 20.8. The van der Waals surface area contributed by atoms with Crippen LogP contribution in [0.15, 0.2) is 70.6 Å². The Bertz CT molecular complexity index is 1540. The van der Waals surface area contributed by atoms with Crippen LogP contribution in [0.1, 0.15) is 51.7 Å². The fraction of sp³-hybridized carbons (Fsp3) is 0.576. The third-order valence-corrected chi connectivity index (χ3v) is 8.93. The van der Waals surface area contributed by atoms with E-state index in [2.05, 4.69) is 88.4 Å². The molecular weight excluding hydrogens is 810 g/mol. The van der Waals surface area contributed by atoms with E-state index in [4.69, 9.17) is 50.1 Å². The van der Waals surface area contributed by atoms with Gasteiger partial charge in [-0.2, -0.15) is 26.3 Å². The molecule has 2 atom stereocenters. The molecule has 0 aromatic heterocycles.